The molecule has 2 amide bonds. The van der Waals surface area contributed by atoms with Crippen LogP contribution in [0, 0.1) is 0 Å². The largest absolute Gasteiger partial charge is 0.462 e. The highest BCUT2D eigenvalue weighted by Gasteiger charge is 2.26. The van der Waals surface area contributed by atoms with Gasteiger partial charge in [0.2, 0.25) is 5.91 Å². The monoisotopic (exact) mass is 609 g/mol. The normalized spacial score (nSPS) is 12.9. The molecule has 2 aromatic carbocycles. The molecule has 0 aliphatic heterocycles. The number of rotatable bonds is 10. The molecule has 0 spiro atoms. The number of nitrogens with one attached hydrogen (secondary N) is 2. The first kappa shape index (κ1) is 29.2. The van der Waals surface area contributed by atoms with Crippen LogP contribution in [0.15, 0.2) is 59.6 Å². The van der Waals surface area contributed by atoms with Crippen LogP contribution >= 0.6 is 34.7 Å². The van der Waals surface area contributed by atoms with Gasteiger partial charge in [-0.3, -0.25) is 9.59 Å². The number of carbonyl (C=O) groups excluding carboxylic acids is 3. The number of benzene rings is 2. The topological polar surface area (TPSA) is 89.4 Å². The number of ether oxygens (including phenoxy) is 1. The molecule has 214 valence electrons. The molecule has 41 heavy (non-hydrogen) atoms. The number of amides is 2. The summed E-state index contributed by atoms with van der Waals surface area (Å²) in [6.45, 7) is 3.12. The molecule has 0 saturated carbocycles. The van der Waals surface area contributed by atoms with Crippen LogP contribution in [-0.4, -0.2) is 41.3 Å². The van der Waals surface area contributed by atoms with Gasteiger partial charge >= 0.3 is 5.97 Å². The first-order valence-electron chi connectivity index (χ1n) is 13.8. The minimum absolute atomic E-state index is 0.155. The summed E-state index contributed by atoms with van der Waals surface area (Å²) in [5.74, 6) is -0.478. The summed E-state index contributed by atoms with van der Waals surface area (Å²) in [7, 11) is 0. The summed E-state index contributed by atoms with van der Waals surface area (Å²) in [6.07, 6.45) is 7.06. The van der Waals surface area contributed by atoms with Gasteiger partial charge in [-0.05, 0) is 68.5 Å². The van der Waals surface area contributed by atoms with Gasteiger partial charge in [-0.25, -0.2) is 4.79 Å². The molecular formula is C31H32ClN3O4S2. The van der Waals surface area contributed by atoms with Crippen molar-refractivity contribution < 1.29 is 19.1 Å². The van der Waals surface area contributed by atoms with Crippen molar-refractivity contribution in [1.82, 2.24) is 9.88 Å². The number of hydrogen-bond acceptors (Lipinski definition) is 6. The molecular weight excluding hydrogens is 578 g/mol. The Kier molecular flexibility index (Phi) is 9.69. The number of carbonyl (C=O) groups is 3. The Morgan fingerprint density at radius 2 is 1.83 bits per heavy atom. The minimum atomic E-state index is -0.360. The van der Waals surface area contributed by atoms with Crippen molar-refractivity contribution in [2.75, 3.05) is 24.2 Å². The van der Waals surface area contributed by atoms with Gasteiger partial charge in [0.05, 0.1) is 17.9 Å². The van der Waals surface area contributed by atoms with E-state index < -0.39 is 0 Å². The van der Waals surface area contributed by atoms with E-state index in [0.717, 1.165) is 53.5 Å². The van der Waals surface area contributed by atoms with Gasteiger partial charge in [-0.15, -0.1) is 23.1 Å². The Bertz CT molecular complexity index is 1560. The molecule has 0 fully saturated rings. The van der Waals surface area contributed by atoms with Crippen LogP contribution in [0.4, 0.5) is 5.00 Å². The van der Waals surface area contributed by atoms with Crippen molar-refractivity contribution in [3.05, 3.63) is 81.3 Å². The fraction of sp³-hybridized carbons (Fsp3) is 0.323. The standard InChI is InChI=1S/C31H32ClN3O4S2/c1-2-39-31(38)28-23-9-4-3-5-11-25(23)41-30(28)34-27(36)19-40-26-18-35(24-10-7-6-8-22(24)26)17-16-33-29(37)20-12-14-21(32)15-13-20/h6-8,10,12-15,18H,2-5,9,11,16-17,19H2,1H3,(H,33,37)(H,34,36). The number of hydrogen-bond donors (Lipinski definition) is 2. The Morgan fingerprint density at radius 1 is 1.05 bits per heavy atom. The maximum atomic E-state index is 13.1. The van der Waals surface area contributed by atoms with Gasteiger partial charge in [-0.2, -0.15) is 0 Å². The van der Waals surface area contributed by atoms with Gasteiger partial charge in [0.25, 0.3) is 5.91 Å². The van der Waals surface area contributed by atoms with E-state index in [1.54, 1.807) is 31.2 Å². The van der Waals surface area contributed by atoms with Crippen molar-refractivity contribution in [2.45, 2.75) is 50.5 Å². The molecule has 2 aromatic heterocycles. The highest BCUT2D eigenvalue weighted by Crippen LogP contribution is 2.38. The lowest BCUT2D eigenvalue weighted by Crippen LogP contribution is -2.27. The molecule has 0 bridgehead atoms. The number of halogens is 1. The average Bonchev–Trinajstić information content (AvgIpc) is 3.40. The molecule has 0 unspecified atom stereocenters. The van der Waals surface area contributed by atoms with Crippen LogP contribution in [-0.2, 0) is 28.9 Å². The fourth-order valence-corrected chi connectivity index (χ4v) is 7.37. The number of fused-ring (bicyclic) bond motifs is 2. The fourth-order valence-electron chi connectivity index (χ4n) is 5.06. The SMILES string of the molecule is CCOC(=O)c1c(NC(=O)CSc2cn(CCNC(=O)c3ccc(Cl)cc3)c3ccccc23)sc2c1CCCCC2. The molecule has 1 aliphatic carbocycles. The highest BCUT2D eigenvalue weighted by molar-refractivity contribution is 8.00. The summed E-state index contributed by atoms with van der Waals surface area (Å²) < 4.78 is 7.44. The van der Waals surface area contributed by atoms with E-state index in [2.05, 4.69) is 15.2 Å². The summed E-state index contributed by atoms with van der Waals surface area (Å²) in [6, 6.07) is 14.8. The molecule has 5 rings (SSSR count). The number of para-hydroxylation sites is 1. The van der Waals surface area contributed by atoms with Crippen LogP contribution in [0.2, 0.25) is 5.02 Å². The zero-order valence-electron chi connectivity index (χ0n) is 22.8. The van der Waals surface area contributed by atoms with Gasteiger partial charge in [0.15, 0.2) is 0 Å². The second kappa shape index (κ2) is 13.6. The van der Waals surface area contributed by atoms with Gasteiger partial charge in [0, 0.05) is 50.5 Å². The molecule has 1 aliphatic rings. The number of nitrogens with zero attached hydrogens (tertiary/aromatic N) is 1. The Balaban J connectivity index is 1.25. The quantitative estimate of drug-likeness (QED) is 0.115. The van der Waals surface area contributed by atoms with Gasteiger partial charge in [0.1, 0.15) is 5.00 Å². The van der Waals surface area contributed by atoms with Crippen molar-refractivity contribution in [3.63, 3.8) is 0 Å². The van der Waals surface area contributed by atoms with E-state index in [4.69, 9.17) is 16.3 Å². The van der Waals surface area contributed by atoms with Crippen LogP contribution in [0.5, 0.6) is 0 Å². The average molecular weight is 610 g/mol. The molecule has 0 saturated heterocycles. The molecule has 0 atom stereocenters. The molecule has 4 aromatic rings. The number of anilines is 1. The van der Waals surface area contributed by atoms with Crippen LogP contribution in [0.1, 0.15) is 57.3 Å². The number of aromatic nitrogens is 1. The summed E-state index contributed by atoms with van der Waals surface area (Å²) in [5.41, 5.74) is 3.16. The predicted octanol–water partition coefficient (Wildman–Crippen LogP) is 6.96. The first-order chi connectivity index (χ1) is 19.9. The second-order valence-corrected chi connectivity index (χ2v) is 12.4. The van der Waals surface area contributed by atoms with Crippen LogP contribution in [0.25, 0.3) is 10.9 Å². The third-order valence-corrected chi connectivity index (χ3v) is 9.51. The third kappa shape index (κ3) is 6.97. The van der Waals surface area contributed by atoms with Crippen molar-refractivity contribution in [1.29, 1.82) is 0 Å². The maximum absolute atomic E-state index is 13.1. The lowest BCUT2D eigenvalue weighted by atomic mass is 10.1. The number of thiophene rings is 1. The van der Waals surface area contributed by atoms with E-state index in [1.807, 2.05) is 30.5 Å². The Hall–Kier alpha value is -3.27. The third-order valence-electron chi connectivity index (χ3n) is 7.01. The molecule has 2 heterocycles. The summed E-state index contributed by atoms with van der Waals surface area (Å²) in [4.78, 5) is 40.6. The summed E-state index contributed by atoms with van der Waals surface area (Å²) in [5, 5.41) is 8.20. The van der Waals surface area contributed by atoms with Crippen LogP contribution < -0.4 is 10.6 Å². The zero-order valence-corrected chi connectivity index (χ0v) is 25.2. The van der Waals surface area contributed by atoms with E-state index in [-0.39, 0.29) is 23.5 Å². The van der Waals surface area contributed by atoms with Crippen molar-refractivity contribution >= 4 is 68.4 Å². The number of esters is 1. The number of thioether (sulfide) groups is 1. The molecule has 2 N–H and O–H groups in total. The summed E-state index contributed by atoms with van der Waals surface area (Å²) >= 11 is 8.89. The molecule has 10 heteroatoms. The minimum Gasteiger partial charge on any atom is -0.462 e. The van der Waals surface area contributed by atoms with E-state index in [0.29, 0.717) is 40.8 Å². The lowest BCUT2D eigenvalue weighted by Gasteiger charge is -2.08. The van der Waals surface area contributed by atoms with Crippen molar-refractivity contribution in [3.8, 4) is 0 Å². The van der Waals surface area contributed by atoms with E-state index >= 15 is 0 Å². The van der Waals surface area contributed by atoms with E-state index in [9.17, 15) is 14.4 Å². The smallest absolute Gasteiger partial charge is 0.341 e. The van der Waals surface area contributed by atoms with Gasteiger partial charge in [-0.1, -0.05) is 36.2 Å². The van der Waals surface area contributed by atoms with Crippen molar-refractivity contribution in [2.24, 2.45) is 0 Å². The Morgan fingerprint density at radius 3 is 2.63 bits per heavy atom. The Labute approximate surface area is 252 Å². The molecule has 0 radical (unpaired) electrons. The van der Waals surface area contributed by atoms with Crippen LogP contribution in [0.3, 0.4) is 0 Å². The maximum Gasteiger partial charge on any atom is 0.341 e. The second-order valence-electron chi connectivity index (χ2n) is 9.79. The lowest BCUT2D eigenvalue weighted by molar-refractivity contribution is -0.113. The zero-order chi connectivity index (χ0) is 28.8. The number of aryl methyl sites for hydroxylation is 1. The van der Waals surface area contributed by atoms with Gasteiger partial charge < -0.3 is 19.9 Å². The highest BCUT2D eigenvalue weighted by atomic mass is 35.5. The predicted molar refractivity (Wildman–Crippen MR) is 167 cm³/mol. The van der Waals surface area contributed by atoms with E-state index in [1.165, 1.54) is 28.0 Å². The molecule has 7 nitrogen and oxygen atoms in total. The first-order valence-corrected chi connectivity index (χ1v) is 16.0.